The highest BCUT2D eigenvalue weighted by Gasteiger charge is 2.36. The molecule has 0 saturated heterocycles. The third kappa shape index (κ3) is 6.42. The average molecular weight is 732 g/mol. The van der Waals surface area contributed by atoms with E-state index in [0.717, 1.165) is 18.8 Å². The molecular formula is C55H57N. The van der Waals surface area contributed by atoms with Gasteiger partial charge in [0.25, 0.3) is 0 Å². The van der Waals surface area contributed by atoms with Crippen molar-refractivity contribution in [2.24, 2.45) is 0 Å². The summed E-state index contributed by atoms with van der Waals surface area (Å²) in [7, 11) is 0. The van der Waals surface area contributed by atoms with Crippen LogP contribution in [0.4, 0.5) is 17.1 Å². The van der Waals surface area contributed by atoms with Gasteiger partial charge in [-0.1, -0.05) is 143 Å². The molecule has 0 aromatic heterocycles. The van der Waals surface area contributed by atoms with Crippen LogP contribution in [0.15, 0.2) is 127 Å². The molecule has 0 bridgehead atoms. The Morgan fingerprint density at radius 3 is 1.86 bits per heavy atom. The predicted octanol–water partition coefficient (Wildman–Crippen LogP) is 15.8. The standard InChI is InChI=1S/C55H57N/c1-55(2)52-26-12-11-24-49(52)50-32-31-46(37-53(50)55)56(45-22-14-20-43(36-45)39-17-7-4-8-18-39)54-34-33-47(48-23-9-10-25-51(48)54)44-21-13-19-42(35-44)41-29-27-40(28-30-41)38-15-5-3-6-16-38/h11-14,19-22,24,26-39H,3-10,15-18,23,25H2,1-2H3. The lowest BCUT2D eigenvalue weighted by molar-refractivity contribution is 0.443. The number of hydrogen-bond acceptors (Lipinski definition) is 1. The third-order valence-corrected chi connectivity index (χ3v) is 14.3. The molecule has 6 aromatic carbocycles. The molecule has 0 radical (unpaired) electrons. The first kappa shape index (κ1) is 35.5. The van der Waals surface area contributed by atoms with Crippen LogP contribution < -0.4 is 4.90 Å². The maximum absolute atomic E-state index is 2.63. The lowest BCUT2D eigenvalue weighted by Crippen LogP contribution is -2.18. The van der Waals surface area contributed by atoms with Gasteiger partial charge in [-0.3, -0.25) is 0 Å². The SMILES string of the molecule is CC1(C)c2ccccc2-c2ccc(N(c3cccc(C4CCCCC4)c3)c3ccc(-c4cccc(-c5ccc(C6CCCCC6)cc5)c4)c4c3CCCC4)cc21. The van der Waals surface area contributed by atoms with Gasteiger partial charge in [-0.25, -0.2) is 0 Å². The first-order valence-corrected chi connectivity index (χ1v) is 22.0. The molecule has 282 valence electrons. The monoisotopic (exact) mass is 731 g/mol. The summed E-state index contributed by atoms with van der Waals surface area (Å²) in [5, 5.41) is 0. The Morgan fingerprint density at radius 2 is 1.07 bits per heavy atom. The van der Waals surface area contributed by atoms with Crippen molar-refractivity contribution in [3.63, 3.8) is 0 Å². The molecule has 0 atom stereocenters. The van der Waals surface area contributed by atoms with Gasteiger partial charge in [-0.2, -0.15) is 0 Å². The first-order valence-electron chi connectivity index (χ1n) is 22.0. The van der Waals surface area contributed by atoms with Crippen LogP contribution in [0.25, 0.3) is 33.4 Å². The third-order valence-electron chi connectivity index (χ3n) is 14.3. The van der Waals surface area contributed by atoms with E-state index in [1.807, 2.05) is 0 Å². The Labute approximate surface area is 335 Å². The summed E-state index contributed by atoms with van der Waals surface area (Å²) in [5.74, 6) is 1.40. The Bertz CT molecular complexity index is 2360. The fourth-order valence-corrected chi connectivity index (χ4v) is 11.2. The van der Waals surface area contributed by atoms with Crippen LogP contribution in [0.3, 0.4) is 0 Å². The summed E-state index contributed by atoms with van der Waals surface area (Å²) < 4.78 is 0. The van der Waals surface area contributed by atoms with Gasteiger partial charge < -0.3 is 4.90 Å². The van der Waals surface area contributed by atoms with Gasteiger partial charge in [0.2, 0.25) is 0 Å². The van der Waals surface area contributed by atoms with Crippen LogP contribution >= 0.6 is 0 Å². The molecule has 0 unspecified atom stereocenters. The molecule has 56 heavy (non-hydrogen) atoms. The molecule has 4 aliphatic rings. The van der Waals surface area contributed by atoms with Gasteiger partial charge in [-0.15, -0.1) is 0 Å². The second kappa shape index (κ2) is 14.9. The minimum absolute atomic E-state index is 0.0535. The smallest absolute Gasteiger partial charge is 0.0496 e. The fraction of sp³-hybridized carbons (Fsp3) is 0.345. The van der Waals surface area contributed by atoms with Gasteiger partial charge in [0, 0.05) is 22.5 Å². The Balaban J connectivity index is 1.07. The zero-order valence-corrected chi connectivity index (χ0v) is 33.6. The van der Waals surface area contributed by atoms with Gasteiger partial charge >= 0.3 is 0 Å². The number of anilines is 3. The molecule has 0 spiro atoms. The summed E-state index contributed by atoms with van der Waals surface area (Å²) in [5.41, 5.74) is 21.0. The van der Waals surface area contributed by atoms with Gasteiger partial charge in [0.15, 0.2) is 0 Å². The zero-order chi connectivity index (χ0) is 37.6. The van der Waals surface area contributed by atoms with Crippen molar-refractivity contribution in [2.45, 2.75) is 121 Å². The summed E-state index contributed by atoms with van der Waals surface area (Å²) in [6.45, 7) is 4.82. The van der Waals surface area contributed by atoms with Crippen molar-refractivity contribution in [3.05, 3.63) is 161 Å². The number of benzene rings is 6. The molecule has 1 nitrogen and oxygen atoms in total. The normalized spacial score (nSPS) is 17.9. The van der Waals surface area contributed by atoms with E-state index in [1.54, 1.807) is 5.56 Å². The van der Waals surface area contributed by atoms with Crippen LogP contribution in [0.1, 0.15) is 136 Å². The summed E-state index contributed by atoms with van der Waals surface area (Å²) in [6.07, 6.45) is 18.3. The second-order valence-corrected chi connectivity index (χ2v) is 18.0. The zero-order valence-electron chi connectivity index (χ0n) is 33.6. The van der Waals surface area contributed by atoms with Crippen molar-refractivity contribution < 1.29 is 0 Å². The van der Waals surface area contributed by atoms with E-state index in [4.69, 9.17) is 0 Å². The predicted molar refractivity (Wildman–Crippen MR) is 238 cm³/mol. The Hall–Kier alpha value is -4.88. The summed E-state index contributed by atoms with van der Waals surface area (Å²) >= 11 is 0. The van der Waals surface area contributed by atoms with Crippen molar-refractivity contribution in [2.75, 3.05) is 4.90 Å². The largest absolute Gasteiger partial charge is 0.310 e. The number of rotatable bonds is 7. The quantitative estimate of drug-likeness (QED) is 0.158. The Morgan fingerprint density at radius 1 is 0.429 bits per heavy atom. The molecule has 0 heterocycles. The number of hydrogen-bond donors (Lipinski definition) is 0. The molecule has 0 N–H and O–H groups in total. The van der Waals surface area contributed by atoms with Crippen molar-refractivity contribution >= 4 is 17.1 Å². The maximum Gasteiger partial charge on any atom is 0.0496 e. The average Bonchev–Trinajstić information content (AvgIpc) is 3.50. The molecule has 0 aliphatic heterocycles. The lowest BCUT2D eigenvalue weighted by Gasteiger charge is -2.33. The molecular weight excluding hydrogens is 675 g/mol. The summed E-state index contributed by atoms with van der Waals surface area (Å²) in [6, 6.07) is 49.8. The molecule has 2 fully saturated rings. The van der Waals surface area contributed by atoms with E-state index < -0.39 is 0 Å². The minimum atomic E-state index is -0.0535. The molecule has 0 amide bonds. The molecule has 1 heteroatoms. The minimum Gasteiger partial charge on any atom is -0.310 e. The van der Waals surface area contributed by atoms with Crippen LogP contribution in [0, 0.1) is 0 Å². The van der Waals surface area contributed by atoms with Gasteiger partial charge in [-0.05, 0) is 166 Å². The topological polar surface area (TPSA) is 3.24 Å². The number of fused-ring (bicyclic) bond motifs is 4. The van der Waals surface area contributed by atoms with Crippen molar-refractivity contribution in [1.29, 1.82) is 0 Å². The fourth-order valence-electron chi connectivity index (χ4n) is 11.2. The maximum atomic E-state index is 2.63. The highest BCUT2D eigenvalue weighted by atomic mass is 15.1. The van der Waals surface area contributed by atoms with E-state index in [2.05, 4.69) is 146 Å². The van der Waals surface area contributed by atoms with E-state index in [9.17, 15) is 0 Å². The van der Waals surface area contributed by atoms with Gasteiger partial charge in [0.1, 0.15) is 0 Å². The highest BCUT2D eigenvalue weighted by molar-refractivity contribution is 5.88. The van der Waals surface area contributed by atoms with E-state index in [0.29, 0.717) is 5.92 Å². The second-order valence-electron chi connectivity index (χ2n) is 18.0. The van der Waals surface area contributed by atoms with Crippen molar-refractivity contribution in [3.8, 4) is 33.4 Å². The summed E-state index contributed by atoms with van der Waals surface area (Å²) in [4.78, 5) is 2.63. The lowest BCUT2D eigenvalue weighted by atomic mass is 9.82. The van der Waals surface area contributed by atoms with Crippen LogP contribution in [-0.2, 0) is 18.3 Å². The number of nitrogens with zero attached hydrogens (tertiary/aromatic N) is 1. The first-order chi connectivity index (χ1) is 27.5. The Kier molecular flexibility index (Phi) is 9.45. The molecule has 10 rings (SSSR count). The van der Waals surface area contributed by atoms with Crippen molar-refractivity contribution in [1.82, 2.24) is 0 Å². The molecule has 2 saturated carbocycles. The van der Waals surface area contributed by atoms with Gasteiger partial charge in [0.05, 0.1) is 0 Å². The van der Waals surface area contributed by atoms with E-state index >= 15 is 0 Å². The highest BCUT2D eigenvalue weighted by Crippen LogP contribution is 2.52. The van der Waals surface area contributed by atoms with E-state index in [-0.39, 0.29) is 5.41 Å². The van der Waals surface area contributed by atoms with Crippen LogP contribution in [0.2, 0.25) is 0 Å². The molecule has 6 aromatic rings. The van der Waals surface area contributed by atoms with E-state index in [1.165, 1.54) is 155 Å². The van der Waals surface area contributed by atoms with Crippen LogP contribution in [-0.4, -0.2) is 0 Å². The molecule has 4 aliphatic carbocycles. The van der Waals surface area contributed by atoms with Crippen LogP contribution in [0.5, 0.6) is 0 Å².